The maximum atomic E-state index is 2.51. The van der Waals surface area contributed by atoms with E-state index in [1.165, 1.54) is 21.7 Å². The Kier molecular flexibility index (Phi) is 6.73. The molecule has 126 valence electrons. The molecule has 4 aromatic rings. The van der Waals surface area contributed by atoms with Crippen LogP contribution in [0.4, 0.5) is 11.4 Å². The van der Waals surface area contributed by atoms with Crippen LogP contribution in [0.3, 0.4) is 0 Å². The van der Waals surface area contributed by atoms with E-state index in [2.05, 4.69) is 126 Å². The molecule has 0 unspecified atom stereocenters. The topological polar surface area (TPSA) is 3.24 Å². The molecule has 0 N–H and O–H groups in total. The van der Waals surface area contributed by atoms with Crippen molar-refractivity contribution in [1.82, 2.24) is 0 Å². The number of anilines is 2. The summed E-state index contributed by atoms with van der Waals surface area (Å²) in [6.07, 6.45) is 0. The molecule has 1 nitrogen and oxygen atoms in total. The van der Waals surface area contributed by atoms with Gasteiger partial charge in [-0.3, -0.25) is 0 Å². The van der Waals surface area contributed by atoms with Gasteiger partial charge in [0.15, 0.2) is 0 Å². The minimum atomic E-state index is -1.21. The molecule has 0 saturated carbocycles. The van der Waals surface area contributed by atoms with Crippen LogP contribution in [0, 0.1) is 0 Å². The van der Waals surface area contributed by atoms with Crippen molar-refractivity contribution < 1.29 is 18.9 Å². The normalized spacial score (nSPS) is 9.93. The molecule has 0 amide bonds. The molecule has 4 rings (SSSR count). The average molecular weight is 357 g/mol. The summed E-state index contributed by atoms with van der Waals surface area (Å²) < 4.78 is 2.51. The van der Waals surface area contributed by atoms with Crippen LogP contribution in [0.25, 0.3) is 0 Å². The van der Waals surface area contributed by atoms with Crippen molar-refractivity contribution in [2.24, 2.45) is 0 Å². The molecule has 0 fully saturated rings. The van der Waals surface area contributed by atoms with Crippen LogP contribution in [0.2, 0.25) is 0 Å². The molecular formula is C24H20LiNSi. The van der Waals surface area contributed by atoms with Crippen molar-refractivity contribution in [3.05, 3.63) is 121 Å². The molecule has 0 spiro atoms. The van der Waals surface area contributed by atoms with Crippen molar-refractivity contribution in [2.45, 2.75) is 0 Å². The van der Waals surface area contributed by atoms with E-state index in [1.54, 1.807) is 0 Å². The van der Waals surface area contributed by atoms with Gasteiger partial charge in [0, 0.05) is 11.4 Å². The SMILES string of the molecule is [Li+].c1ccc(N(c2ccccc2)[Si-](c2ccccc2)c2ccccc2)cc1. The number of hydrogen-bond donors (Lipinski definition) is 0. The molecule has 27 heavy (non-hydrogen) atoms. The summed E-state index contributed by atoms with van der Waals surface area (Å²) >= 11 is 0. The zero-order valence-corrected chi connectivity index (χ0v) is 16.5. The van der Waals surface area contributed by atoms with Gasteiger partial charge in [-0.1, -0.05) is 97.1 Å². The molecular weight excluding hydrogens is 337 g/mol. The number of benzene rings is 4. The van der Waals surface area contributed by atoms with E-state index >= 15 is 0 Å². The number of nitrogens with zero attached hydrogens (tertiary/aromatic N) is 1. The van der Waals surface area contributed by atoms with Crippen molar-refractivity contribution in [2.75, 3.05) is 4.57 Å². The van der Waals surface area contributed by atoms with Gasteiger partial charge in [-0.25, -0.2) is 0 Å². The Labute approximate surface area is 175 Å². The molecule has 0 aliphatic rings. The Morgan fingerprint density at radius 2 is 0.704 bits per heavy atom. The summed E-state index contributed by atoms with van der Waals surface area (Å²) in [5.41, 5.74) is 2.44. The van der Waals surface area contributed by atoms with Crippen molar-refractivity contribution in [3.63, 3.8) is 0 Å². The Morgan fingerprint density at radius 3 is 1.04 bits per heavy atom. The number of rotatable bonds is 5. The minimum absolute atomic E-state index is 0. The van der Waals surface area contributed by atoms with Gasteiger partial charge < -0.3 is 4.57 Å². The zero-order valence-electron chi connectivity index (χ0n) is 15.5. The van der Waals surface area contributed by atoms with Gasteiger partial charge in [-0.15, -0.1) is 8.96 Å². The van der Waals surface area contributed by atoms with E-state index < -0.39 is 8.96 Å². The number of hydrogen-bond acceptors (Lipinski definition) is 1. The van der Waals surface area contributed by atoms with Crippen molar-refractivity contribution in [3.8, 4) is 0 Å². The Bertz CT molecular complexity index is 771. The van der Waals surface area contributed by atoms with E-state index in [4.69, 9.17) is 0 Å². The van der Waals surface area contributed by atoms with Crippen LogP contribution < -0.4 is 33.8 Å². The van der Waals surface area contributed by atoms with Crippen LogP contribution >= 0.6 is 0 Å². The first kappa shape index (κ1) is 19.3. The Balaban J connectivity index is 0.00000210. The summed E-state index contributed by atoms with van der Waals surface area (Å²) in [7, 11) is -1.21. The summed E-state index contributed by atoms with van der Waals surface area (Å²) in [4.78, 5) is 0. The fourth-order valence-electron chi connectivity index (χ4n) is 3.18. The Morgan fingerprint density at radius 1 is 0.407 bits per heavy atom. The summed E-state index contributed by atoms with van der Waals surface area (Å²) in [6.45, 7) is 0. The van der Waals surface area contributed by atoms with E-state index in [0.717, 1.165) is 0 Å². The van der Waals surface area contributed by atoms with Crippen LogP contribution in [-0.2, 0) is 0 Å². The standard InChI is InChI=1S/C24H20NSi.Li/c1-5-13-21(14-6-1)25(22-15-7-2-8-16-22)26(23-17-9-3-10-18-23)24-19-11-4-12-20-24;/h1-20H;/q-1;+1. The van der Waals surface area contributed by atoms with Crippen LogP contribution in [0.1, 0.15) is 0 Å². The minimum Gasteiger partial charge on any atom is -0.493 e. The molecule has 0 aromatic heterocycles. The average Bonchev–Trinajstić information content (AvgIpc) is 2.74. The third-order valence-electron chi connectivity index (χ3n) is 4.35. The van der Waals surface area contributed by atoms with Gasteiger partial charge in [0.05, 0.1) is 0 Å². The van der Waals surface area contributed by atoms with Gasteiger partial charge in [-0.2, -0.15) is 10.4 Å². The van der Waals surface area contributed by atoms with E-state index in [9.17, 15) is 0 Å². The molecule has 0 aliphatic carbocycles. The first-order valence-corrected chi connectivity index (χ1v) is 10.3. The molecule has 4 aromatic carbocycles. The molecule has 0 aliphatic heterocycles. The molecule has 0 heterocycles. The van der Waals surface area contributed by atoms with Crippen LogP contribution in [-0.4, -0.2) is 8.96 Å². The van der Waals surface area contributed by atoms with Gasteiger partial charge in [-0.05, 0) is 24.3 Å². The van der Waals surface area contributed by atoms with Gasteiger partial charge in [0.25, 0.3) is 0 Å². The fourth-order valence-corrected chi connectivity index (χ4v) is 5.86. The maximum absolute atomic E-state index is 2.51. The predicted molar refractivity (Wildman–Crippen MR) is 113 cm³/mol. The van der Waals surface area contributed by atoms with Crippen LogP contribution in [0.15, 0.2) is 121 Å². The second kappa shape index (κ2) is 9.44. The maximum Gasteiger partial charge on any atom is 1.00 e. The summed E-state index contributed by atoms with van der Waals surface area (Å²) in [5, 5.41) is 2.74. The molecule has 0 bridgehead atoms. The van der Waals surface area contributed by atoms with Gasteiger partial charge in [0.2, 0.25) is 0 Å². The second-order valence-corrected chi connectivity index (χ2v) is 8.39. The Hall–Kier alpha value is -2.51. The van der Waals surface area contributed by atoms with Gasteiger partial charge >= 0.3 is 18.9 Å². The molecule has 0 atom stereocenters. The third kappa shape index (κ3) is 4.43. The molecule has 0 saturated heterocycles. The monoisotopic (exact) mass is 357 g/mol. The third-order valence-corrected chi connectivity index (χ3v) is 7.07. The summed E-state index contributed by atoms with van der Waals surface area (Å²) in [5.74, 6) is 0. The van der Waals surface area contributed by atoms with Gasteiger partial charge in [0.1, 0.15) is 0 Å². The molecule has 3 heteroatoms. The number of para-hydroxylation sites is 2. The fraction of sp³-hybridized carbons (Fsp3) is 0. The van der Waals surface area contributed by atoms with E-state index in [-0.39, 0.29) is 18.9 Å². The van der Waals surface area contributed by atoms with E-state index in [0.29, 0.717) is 0 Å². The molecule has 0 radical (unpaired) electrons. The predicted octanol–water partition coefficient (Wildman–Crippen LogP) is 1.63. The second-order valence-electron chi connectivity index (χ2n) is 6.09. The van der Waals surface area contributed by atoms with Crippen molar-refractivity contribution >= 4 is 30.7 Å². The largest absolute Gasteiger partial charge is 1.00 e. The van der Waals surface area contributed by atoms with Crippen LogP contribution in [0.5, 0.6) is 0 Å². The zero-order chi connectivity index (χ0) is 17.6. The first-order valence-electron chi connectivity index (χ1n) is 8.81. The first-order chi connectivity index (χ1) is 12.9. The quantitative estimate of drug-likeness (QED) is 0.491. The van der Waals surface area contributed by atoms with Crippen molar-refractivity contribution in [1.29, 1.82) is 0 Å². The summed E-state index contributed by atoms with van der Waals surface area (Å²) in [6, 6.07) is 43.1. The van der Waals surface area contributed by atoms with E-state index in [1.807, 2.05) is 0 Å². The smallest absolute Gasteiger partial charge is 0.493 e.